The van der Waals surface area contributed by atoms with E-state index in [1.165, 1.54) is 121 Å². The standard InChI is InChI=1S/C56H66N4O2S2/c1-5-9-11-13-15-18-26-44(27-19-16-14-12-10-6-2)60-52-29-23-22-28-49(52)50-39-35-46(40-53(50)60)59(43-24-20-17-21-25-43)45-33-30-42(31-34-45)32-36-47-37-38-48(64-47)41-51-54(61)57(7-3)56(63)58(8-4)55(51)62/h17,20-25,28-41,44H,5-16,18-19,26-27H2,1-4H3/b36-32+. The lowest BCUT2D eigenvalue weighted by Gasteiger charge is -2.35. The molecule has 0 bridgehead atoms. The number of hydrogen-bond donors (Lipinski definition) is 0. The molecule has 6 aromatic rings. The predicted molar refractivity (Wildman–Crippen MR) is 278 cm³/mol. The summed E-state index contributed by atoms with van der Waals surface area (Å²) in [6, 6.07) is 40.0. The topological polar surface area (TPSA) is 48.8 Å². The number of fused-ring (bicyclic) bond motifs is 3. The fourth-order valence-corrected chi connectivity index (χ4v) is 10.5. The molecular formula is C56H66N4O2S2. The van der Waals surface area contributed by atoms with E-state index in [-0.39, 0.29) is 22.5 Å². The number of hydrogen-bond acceptors (Lipinski definition) is 5. The Labute approximate surface area is 391 Å². The Morgan fingerprint density at radius 1 is 0.562 bits per heavy atom. The van der Waals surface area contributed by atoms with Gasteiger partial charge in [0.1, 0.15) is 5.57 Å². The SMILES string of the molecule is CCCCCCCCC(CCCCCCCC)n1c2ccccc2c2ccc(N(c3ccccc3)c3ccc(/C=C/c4ccc(C=C5C(=O)N(CC)C(=S)N(CC)C5=O)s4)cc3)cc21. The van der Waals surface area contributed by atoms with Crippen LogP contribution in [0, 0.1) is 0 Å². The third-order valence-corrected chi connectivity index (χ3v) is 14.1. The summed E-state index contributed by atoms with van der Waals surface area (Å²) in [7, 11) is 0. The second-order valence-corrected chi connectivity index (χ2v) is 18.6. The summed E-state index contributed by atoms with van der Waals surface area (Å²) in [6.07, 6.45) is 24.1. The van der Waals surface area contributed by atoms with Gasteiger partial charge in [0.15, 0.2) is 5.11 Å². The van der Waals surface area contributed by atoms with Crippen LogP contribution >= 0.6 is 23.6 Å². The number of rotatable bonds is 23. The van der Waals surface area contributed by atoms with Crippen LogP contribution < -0.4 is 4.90 Å². The summed E-state index contributed by atoms with van der Waals surface area (Å²) in [5.41, 5.74) is 7.24. The van der Waals surface area contributed by atoms with Crippen molar-refractivity contribution in [2.24, 2.45) is 0 Å². The maximum absolute atomic E-state index is 13.2. The van der Waals surface area contributed by atoms with E-state index in [0.717, 1.165) is 32.4 Å². The lowest BCUT2D eigenvalue weighted by atomic mass is 9.99. The van der Waals surface area contributed by atoms with Crippen LogP contribution in [0.1, 0.15) is 139 Å². The molecule has 1 aliphatic heterocycles. The van der Waals surface area contributed by atoms with Gasteiger partial charge >= 0.3 is 0 Å². The fraction of sp³-hybridized carbons (Fsp3) is 0.375. The van der Waals surface area contributed by atoms with Crippen molar-refractivity contribution in [3.63, 3.8) is 0 Å². The molecule has 3 heterocycles. The Balaban J connectivity index is 1.17. The van der Waals surface area contributed by atoms with Gasteiger partial charge in [0.05, 0.1) is 5.52 Å². The molecule has 0 aliphatic carbocycles. The van der Waals surface area contributed by atoms with Crippen LogP contribution in [0.3, 0.4) is 0 Å². The second kappa shape index (κ2) is 23.0. The molecule has 0 saturated carbocycles. The van der Waals surface area contributed by atoms with Gasteiger partial charge in [-0.3, -0.25) is 19.4 Å². The zero-order chi connectivity index (χ0) is 44.8. The third-order valence-electron chi connectivity index (χ3n) is 12.7. The smallest absolute Gasteiger partial charge is 0.265 e. The summed E-state index contributed by atoms with van der Waals surface area (Å²) in [5.74, 6) is -0.674. The number of para-hydroxylation sites is 2. The van der Waals surface area contributed by atoms with E-state index in [9.17, 15) is 9.59 Å². The molecule has 0 atom stereocenters. The van der Waals surface area contributed by atoms with E-state index in [1.807, 2.05) is 26.0 Å². The molecule has 1 aliphatic rings. The van der Waals surface area contributed by atoms with Crippen molar-refractivity contribution in [2.75, 3.05) is 18.0 Å². The number of amides is 2. The van der Waals surface area contributed by atoms with Crippen LogP contribution in [0.5, 0.6) is 0 Å². The highest BCUT2D eigenvalue weighted by molar-refractivity contribution is 7.80. The molecule has 0 unspecified atom stereocenters. The van der Waals surface area contributed by atoms with Crippen molar-refractivity contribution in [1.29, 1.82) is 0 Å². The number of thiophene rings is 1. The van der Waals surface area contributed by atoms with Crippen molar-refractivity contribution >= 4 is 97.6 Å². The van der Waals surface area contributed by atoms with Crippen LogP contribution in [0.25, 0.3) is 40.0 Å². The van der Waals surface area contributed by atoms with Crippen molar-refractivity contribution in [2.45, 2.75) is 124 Å². The molecule has 334 valence electrons. The van der Waals surface area contributed by atoms with Gasteiger partial charge in [-0.25, -0.2) is 0 Å². The third kappa shape index (κ3) is 11.0. The van der Waals surface area contributed by atoms with Crippen molar-refractivity contribution in [3.8, 4) is 0 Å². The molecule has 1 saturated heterocycles. The Morgan fingerprint density at radius 2 is 1.11 bits per heavy atom. The zero-order valence-corrected chi connectivity index (χ0v) is 40.1. The van der Waals surface area contributed by atoms with Gasteiger partial charge in [-0.05, 0) is 111 Å². The van der Waals surface area contributed by atoms with E-state index in [4.69, 9.17) is 12.2 Å². The number of unbranched alkanes of at least 4 members (excludes halogenated alkanes) is 10. The van der Waals surface area contributed by atoms with Crippen LogP contribution in [0.15, 0.2) is 115 Å². The highest BCUT2D eigenvalue weighted by atomic mass is 32.1. The minimum absolute atomic E-state index is 0.148. The van der Waals surface area contributed by atoms with Gasteiger partial charge in [0, 0.05) is 62.2 Å². The number of carbonyl (C=O) groups is 2. The second-order valence-electron chi connectivity index (χ2n) is 17.1. The number of benzene rings is 4. The number of nitrogens with zero attached hydrogens (tertiary/aromatic N) is 4. The molecule has 2 aromatic heterocycles. The number of anilines is 3. The molecule has 2 amide bonds. The van der Waals surface area contributed by atoms with Gasteiger partial charge in [-0.1, -0.05) is 152 Å². The van der Waals surface area contributed by atoms with Gasteiger partial charge < -0.3 is 9.47 Å². The van der Waals surface area contributed by atoms with E-state index in [2.05, 4.69) is 133 Å². The fourth-order valence-electron chi connectivity index (χ4n) is 9.24. The molecule has 0 radical (unpaired) electrons. The Kier molecular flexibility index (Phi) is 16.8. The minimum Gasteiger partial charge on any atom is -0.337 e. The Hall–Kier alpha value is -5.31. The summed E-state index contributed by atoms with van der Waals surface area (Å²) < 4.78 is 2.72. The first kappa shape index (κ1) is 46.7. The molecule has 0 N–H and O–H groups in total. The maximum atomic E-state index is 13.2. The van der Waals surface area contributed by atoms with E-state index < -0.39 is 0 Å². The van der Waals surface area contributed by atoms with Crippen molar-refractivity contribution < 1.29 is 9.59 Å². The van der Waals surface area contributed by atoms with Crippen LogP contribution in [0.4, 0.5) is 17.1 Å². The first-order chi connectivity index (χ1) is 31.4. The average molecular weight is 891 g/mol. The maximum Gasteiger partial charge on any atom is 0.265 e. The van der Waals surface area contributed by atoms with Gasteiger partial charge in [0.25, 0.3) is 11.8 Å². The number of carbonyl (C=O) groups excluding carboxylic acids is 2. The predicted octanol–water partition coefficient (Wildman–Crippen LogP) is 15.9. The van der Waals surface area contributed by atoms with E-state index in [0.29, 0.717) is 19.1 Å². The Morgan fingerprint density at radius 3 is 1.75 bits per heavy atom. The molecule has 6 nitrogen and oxygen atoms in total. The molecule has 64 heavy (non-hydrogen) atoms. The monoisotopic (exact) mass is 890 g/mol. The lowest BCUT2D eigenvalue weighted by molar-refractivity contribution is -0.133. The number of aromatic nitrogens is 1. The first-order valence-electron chi connectivity index (χ1n) is 24.0. The minimum atomic E-state index is -0.337. The number of thiocarbonyl (C=S) groups is 1. The zero-order valence-electron chi connectivity index (χ0n) is 38.4. The summed E-state index contributed by atoms with van der Waals surface area (Å²) in [5, 5.41) is 2.93. The number of likely N-dealkylation sites (N-methyl/N-ethyl adjacent to an activating group) is 2. The van der Waals surface area contributed by atoms with Gasteiger partial charge in [-0.2, -0.15) is 0 Å². The van der Waals surface area contributed by atoms with E-state index in [1.54, 1.807) is 17.4 Å². The Bertz CT molecular complexity index is 2510. The largest absolute Gasteiger partial charge is 0.337 e. The average Bonchev–Trinajstić information content (AvgIpc) is 3.91. The summed E-state index contributed by atoms with van der Waals surface area (Å²) in [4.78, 5) is 33.6. The van der Waals surface area contributed by atoms with Crippen LogP contribution in [0.2, 0.25) is 0 Å². The first-order valence-corrected chi connectivity index (χ1v) is 25.2. The van der Waals surface area contributed by atoms with Gasteiger partial charge in [0.2, 0.25) is 0 Å². The van der Waals surface area contributed by atoms with E-state index >= 15 is 0 Å². The quantitative estimate of drug-likeness (QED) is 0.0278. The highest BCUT2D eigenvalue weighted by Gasteiger charge is 2.38. The van der Waals surface area contributed by atoms with Crippen molar-refractivity contribution in [1.82, 2.24) is 14.4 Å². The molecule has 8 heteroatoms. The molecular weight excluding hydrogens is 825 g/mol. The van der Waals surface area contributed by atoms with Gasteiger partial charge in [-0.15, -0.1) is 11.3 Å². The normalized spacial score (nSPS) is 13.5. The van der Waals surface area contributed by atoms with Crippen molar-refractivity contribution in [3.05, 3.63) is 130 Å². The molecule has 0 spiro atoms. The molecule has 1 fully saturated rings. The van der Waals surface area contributed by atoms with Crippen LogP contribution in [-0.4, -0.2) is 44.4 Å². The van der Waals surface area contributed by atoms with Crippen LogP contribution in [-0.2, 0) is 9.59 Å². The summed E-state index contributed by atoms with van der Waals surface area (Å²) >= 11 is 6.98. The lowest BCUT2D eigenvalue weighted by Crippen LogP contribution is -2.55. The molecule has 7 rings (SSSR count). The highest BCUT2D eigenvalue weighted by Crippen LogP contribution is 2.41. The molecule has 4 aromatic carbocycles. The summed E-state index contributed by atoms with van der Waals surface area (Å²) in [6.45, 7) is 9.17.